The van der Waals surface area contributed by atoms with E-state index in [2.05, 4.69) is 4.98 Å². The van der Waals surface area contributed by atoms with Crippen molar-refractivity contribution in [3.63, 3.8) is 0 Å². The number of nitro benzene ring substituents is 1. The fraction of sp³-hybridized carbons (Fsp3) is 0.0833. The van der Waals surface area contributed by atoms with Crippen LogP contribution < -0.4 is 0 Å². The van der Waals surface area contributed by atoms with Gasteiger partial charge < -0.3 is 0 Å². The molecule has 0 unspecified atom stereocenters. The lowest BCUT2D eigenvalue weighted by molar-refractivity contribution is -0.387. The molecule has 5 heteroatoms. The summed E-state index contributed by atoms with van der Waals surface area (Å²) in [5.74, 6) is 0. The topological polar surface area (TPSA) is 56.0 Å². The van der Waals surface area contributed by atoms with Crippen LogP contribution in [0.2, 0.25) is 0 Å². The van der Waals surface area contributed by atoms with Gasteiger partial charge in [-0.15, -0.1) is 0 Å². The molecule has 0 N–H and O–H groups in total. The average molecular weight is 246 g/mol. The molecule has 1 heterocycles. The summed E-state index contributed by atoms with van der Waals surface area (Å²) in [6.45, 7) is 1.91. The highest BCUT2D eigenvalue weighted by Crippen LogP contribution is 2.34. The smallest absolute Gasteiger partial charge is 0.258 e. The molecule has 2 aromatic rings. The van der Waals surface area contributed by atoms with E-state index in [0.29, 0.717) is 4.90 Å². The number of pyridine rings is 1. The standard InChI is InChI=1S/C12H10N2O2S/c1-9-5-6-10(14(15)16)11(8-9)17-12-4-2-3-7-13-12/h2-8H,1H3. The lowest BCUT2D eigenvalue weighted by Gasteiger charge is -2.03. The first-order chi connectivity index (χ1) is 8.16. The van der Waals surface area contributed by atoms with E-state index in [4.69, 9.17) is 0 Å². The third-order valence-electron chi connectivity index (χ3n) is 2.16. The molecule has 17 heavy (non-hydrogen) atoms. The molecule has 1 aromatic heterocycles. The van der Waals surface area contributed by atoms with E-state index in [9.17, 15) is 10.1 Å². The van der Waals surface area contributed by atoms with Gasteiger partial charge in [0.1, 0.15) is 5.03 Å². The van der Waals surface area contributed by atoms with E-state index in [0.717, 1.165) is 10.6 Å². The van der Waals surface area contributed by atoms with Crippen LogP contribution in [0.1, 0.15) is 5.56 Å². The van der Waals surface area contributed by atoms with Crippen LogP contribution in [0.4, 0.5) is 5.69 Å². The fourth-order valence-electron chi connectivity index (χ4n) is 1.37. The molecule has 0 aliphatic rings. The Hall–Kier alpha value is -1.88. The molecule has 86 valence electrons. The Morgan fingerprint density at radius 1 is 1.29 bits per heavy atom. The summed E-state index contributed by atoms with van der Waals surface area (Å²) >= 11 is 1.30. The normalized spacial score (nSPS) is 10.2. The molecule has 0 atom stereocenters. The summed E-state index contributed by atoms with van der Waals surface area (Å²) in [4.78, 5) is 15.3. The number of benzene rings is 1. The second-order valence-corrected chi connectivity index (χ2v) is 4.56. The van der Waals surface area contributed by atoms with Crippen LogP contribution in [0.3, 0.4) is 0 Å². The zero-order chi connectivity index (χ0) is 12.3. The Morgan fingerprint density at radius 2 is 2.12 bits per heavy atom. The van der Waals surface area contributed by atoms with Crippen molar-refractivity contribution in [2.45, 2.75) is 16.8 Å². The van der Waals surface area contributed by atoms with Gasteiger partial charge in [0.05, 0.1) is 9.82 Å². The summed E-state index contributed by atoms with van der Waals surface area (Å²) in [6.07, 6.45) is 1.67. The molecule has 4 nitrogen and oxygen atoms in total. The summed E-state index contributed by atoms with van der Waals surface area (Å²) < 4.78 is 0. The Bertz CT molecular complexity index is 543. The van der Waals surface area contributed by atoms with E-state index >= 15 is 0 Å². The first-order valence-corrected chi connectivity index (χ1v) is 5.82. The maximum atomic E-state index is 10.9. The minimum Gasteiger partial charge on any atom is -0.258 e. The van der Waals surface area contributed by atoms with Gasteiger partial charge in [-0.25, -0.2) is 4.98 Å². The number of nitrogens with zero attached hydrogens (tertiary/aromatic N) is 2. The van der Waals surface area contributed by atoms with E-state index < -0.39 is 0 Å². The van der Waals surface area contributed by atoms with Gasteiger partial charge in [0.25, 0.3) is 5.69 Å². The van der Waals surface area contributed by atoms with Crippen LogP contribution in [0, 0.1) is 17.0 Å². The van der Waals surface area contributed by atoms with Gasteiger partial charge in [0.15, 0.2) is 0 Å². The molecular weight excluding hydrogens is 236 g/mol. The fourth-order valence-corrected chi connectivity index (χ4v) is 2.35. The zero-order valence-corrected chi connectivity index (χ0v) is 9.98. The zero-order valence-electron chi connectivity index (χ0n) is 9.16. The third kappa shape index (κ3) is 2.82. The van der Waals surface area contributed by atoms with Crippen LogP contribution in [-0.2, 0) is 0 Å². The van der Waals surface area contributed by atoms with Crippen molar-refractivity contribution in [2.75, 3.05) is 0 Å². The number of aryl methyl sites for hydroxylation is 1. The number of nitro groups is 1. The SMILES string of the molecule is Cc1ccc([N+](=O)[O-])c(Sc2ccccn2)c1. The lowest BCUT2D eigenvalue weighted by atomic mass is 10.2. The summed E-state index contributed by atoms with van der Waals surface area (Å²) in [5.41, 5.74) is 1.11. The first-order valence-electron chi connectivity index (χ1n) is 5.01. The molecule has 0 aliphatic heterocycles. The highest BCUT2D eigenvalue weighted by atomic mass is 32.2. The van der Waals surface area contributed by atoms with E-state index in [-0.39, 0.29) is 10.6 Å². The van der Waals surface area contributed by atoms with Crippen molar-refractivity contribution < 1.29 is 4.92 Å². The number of hydrogen-bond donors (Lipinski definition) is 0. The summed E-state index contributed by atoms with van der Waals surface area (Å²) in [5, 5.41) is 11.6. The number of hydrogen-bond acceptors (Lipinski definition) is 4. The average Bonchev–Trinajstić information content (AvgIpc) is 2.30. The highest BCUT2D eigenvalue weighted by molar-refractivity contribution is 7.99. The summed E-state index contributed by atoms with van der Waals surface area (Å²) in [7, 11) is 0. The molecule has 0 spiro atoms. The second kappa shape index (κ2) is 4.97. The van der Waals surface area contributed by atoms with Crippen molar-refractivity contribution >= 4 is 17.4 Å². The largest absolute Gasteiger partial charge is 0.283 e. The Morgan fingerprint density at radius 3 is 2.76 bits per heavy atom. The maximum Gasteiger partial charge on any atom is 0.283 e. The van der Waals surface area contributed by atoms with E-state index in [1.165, 1.54) is 17.8 Å². The summed E-state index contributed by atoms with van der Waals surface area (Å²) in [6, 6.07) is 10.6. The van der Waals surface area contributed by atoms with Gasteiger partial charge in [0.2, 0.25) is 0 Å². The van der Waals surface area contributed by atoms with Crippen LogP contribution in [0.15, 0.2) is 52.5 Å². The molecule has 0 fully saturated rings. The van der Waals surface area contributed by atoms with E-state index in [1.807, 2.05) is 25.1 Å². The number of rotatable bonds is 3. The monoisotopic (exact) mass is 246 g/mol. The van der Waals surface area contributed by atoms with Crippen LogP contribution >= 0.6 is 11.8 Å². The Kier molecular flexibility index (Phi) is 3.39. The molecule has 0 amide bonds. The molecule has 0 aliphatic carbocycles. The van der Waals surface area contributed by atoms with Gasteiger partial charge in [0, 0.05) is 12.3 Å². The van der Waals surface area contributed by atoms with Crippen molar-refractivity contribution in [1.82, 2.24) is 4.98 Å². The number of aromatic nitrogens is 1. The van der Waals surface area contributed by atoms with Crippen molar-refractivity contribution in [2.24, 2.45) is 0 Å². The van der Waals surface area contributed by atoms with Crippen molar-refractivity contribution in [3.8, 4) is 0 Å². The minimum absolute atomic E-state index is 0.117. The lowest BCUT2D eigenvalue weighted by Crippen LogP contribution is -1.91. The molecule has 1 aromatic carbocycles. The van der Waals surface area contributed by atoms with Gasteiger partial charge in [-0.3, -0.25) is 10.1 Å². The molecule has 2 rings (SSSR count). The van der Waals surface area contributed by atoms with Gasteiger partial charge >= 0.3 is 0 Å². The Labute approximate surface area is 103 Å². The van der Waals surface area contributed by atoms with Crippen LogP contribution in [-0.4, -0.2) is 9.91 Å². The van der Waals surface area contributed by atoms with Gasteiger partial charge in [-0.1, -0.05) is 23.9 Å². The molecule has 0 radical (unpaired) electrons. The minimum atomic E-state index is -0.370. The highest BCUT2D eigenvalue weighted by Gasteiger charge is 2.14. The first kappa shape index (κ1) is 11.6. The second-order valence-electron chi connectivity index (χ2n) is 3.50. The molecule has 0 saturated heterocycles. The molecular formula is C12H10N2O2S. The maximum absolute atomic E-state index is 10.9. The third-order valence-corrected chi connectivity index (χ3v) is 3.16. The predicted octanol–water partition coefficient (Wildman–Crippen LogP) is 3.45. The van der Waals surface area contributed by atoms with Gasteiger partial charge in [-0.2, -0.15) is 0 Å². The van der Waals surface area contributed by atoms with Crippen molar-refractivity contribution in [3.05, 3.63) is 58.3 Å². The quantitative estimate of drug-likeness (QED) is 0.614. The van der Waals surface area contributed by atoms with Crippen molar-refractivity contribution in [1.29, 1.82) is 0 Å². The van der Waals surface area contributed by atoms with Gasteiger partial charge in [-0.05, 0) is 30.7 Å². The van der Waals surface area contributed by atoms with Crippen LogP contribution in [0.5, 0.6) is 0 Å². The van der Waals surface area contributed by atoms with Crippen LogP contribution in [0.25, 0.3) is 0 Å². The molecule has 0 saturated carbocycles. The van der Waals surface area contributed by atoms with E-state index in [1.54, 1.807) is 18.3 Å². The Balaban J connectivity index is 2.37. The predicted molar refractivity (Wildman–Crippen MR) is 66.2 cm³/mol. The molecule has 0 bridgehead atoms.